The summed E-state index contributed by atoms with van der Waals surface area (Å²) in [5, 5.41) is 3.21. The van der Waals surface area contributed by atoms with Crippen LogP contribution in [0.5, 0.6) is 0 Å². The van der Waals surface area contributed by atoms with Crippen molar-refractivity contribution in [2.45, 2.75) is 0 Å². The Kier molecular flexibility index (Phi) is 2.74. The van der Waals surface area contributed by atoms with E-state index in [-0.39, 0.29) is 11.9 Å². The second-order valence-electron chi connectivity index (χ2n) is 3.15. The van der Waals surface area contributed by atoms with E-state index in [1.807, 2.05) is 29.6 Å². The first-order valence-electron chi connectivity index (χ1n) is 4.56. The standard InChI is InChI=1S/C10H11N5S/c11-9(12)15-10(13)14-7-2-1-6-3-4-16-8(6)5-7/h1-5H,(H6,11,12,13,14,15). The van der Waals surface area contributed by atoms with Crippen molar-refractivity contribution in [3.05, 3.63) is 29.6 Å². The molecule has 1 heterocycles. The van der Waals surface area contributed by atoms with Gasteiger partial charge in [0.15, 0.2) is 5.96 Å². The van der Waals surface area contributed by atoms with Gasteiger partial charge in [-0.15, -0.1) is 11.3 Å². The lowest BCUT2D eigenvalue weighted by Crippen LogP contribution is -2.26. The summed E-state index contributed by atoms with van der Waals surface area (Å²) in [4.78, 5) is 7.73. The molecule has 6 heteroatoms. The van der Waals surface area contributed by atoms with Crippen molar-refractivity contribution in [3.63, 3.8) is 0 Å². The average molecular weight is 233 g/mol. The molecular formula is C10H11N5S. The third-order valence-electron chi connectivity index (χ3n) is 1.93. The number of aliphatic imine (C=N–C) groups is 2. The highest BCUT2D eigenvalue weighted by Gasteiger charge is 1.97. The van der Waals surface area contributed by atoms with Crippen LogP contribution in [0.2, 0.25) is 0 Å². The Balaban J connectivity index is 2.37. The molecule has 1 aromatic heterocycles. The number of thiophene rings is 1. The van der Waals surface area contributed by atoms with Crippen LogP contribution in [0.15, 0.2) is 39.6 Å². The van der Waals surface area contributed by atoms with Gasteiger partial charge in [0, 0.05) is 4.70 Å². The molecule has 0 unspecified atom stereocenters. The number of guanidine groups is 2. The minimum Gasteiger partial charge on any atom is -0.370 e. The molecule has 0 saturated carbocycles. The Morgan fingerprint density at radius 1 is 1.12 bits per heavy atom. The Bertz CT molecular complexity index is 565. The van der Waals surface area contributed by atoms with Gasteiger partial charge in [-0.1, -0.05) is 6.07 Å². The maximum atomic E-state index is 5.53. The summed E-state index contributed by atoms with van der Waals surface area (Å²) in [5.41, 5.74) is 16.6. The van der Waals surface area contributed by atoms with Crippen molar-refractivity contribution in [2.24, 2.45) is 27.2 Å². The second-order valence-corrected chi connectivity index (χ2v) is 4.10. The zero-order valence-electron chi connectivity index (χ0n) is 8.42. The van der Waals surface area contributed by atoms with Gasteiger partial charge in [-0.25, -0.2) is 4.99 Å². The van der Waals surface area contributed by atoms with Crippen LogP contribution in [0.4, 0.5) is 5.69 Å². The monoisotopic (exact) mass is 233 g/mol. The summed E-state index contributed by atoms with van der Waals surface area (Å²) in [6, 6.07) is 7.83. The highest BCUT2D eigenvalue weighted by molar-refractivity contribution is 7.17. The Hall–Kier alpha value is -2.08. The molecule has 0 spiro atoms. The Labute approximate surface area is 96.3 Å². The van der Waals surface area contributed by atoms with Crippen molar-refractivity contribution in [1.82, 2.24) is 0 Å². The number of fused-ring (bicyclic) bond motifs is 1. The highest BCUT2D eigenvalue weighted by Crippen LogP contribution is 2.25. The minimum atomic E-state index is -0.0987. The molecule has 0 amide bonds. The van der Waals surface area contributed by atoms with E-state index in [1.165, 1.54) is 5.39 Å². The predicted octanol–water partition coefficient (Wildman–Crippen LogP) is 1.12. The molecule has 0 aliphatic carbocycles. The topological polar surface area (TPSA) is 103 Å². The largest absolute Gasteiger partial charge is 0.370 e. The van der Waals surface area contributed by atoms with Crippen LogP contribution in [0.25, 0.3) is 10.1 Å². The summed E-state index contributed by atoms with van der Waals surface area (Å²) in [6.45, 7) is 0. The van der Waals surface area contributed by atoms with Gasteiger partial charge >= 0.3 is 0 Å². The Morgan fingerprint density at radius 2 is 1.94 bits per heavy atom. The van der Waals surface area contributed by atoms with E-state index in [9.17, 15) is 0 Å². The molecular weight excluding hydrogens is 222 g/mol. The fourth-order valence-corrected chi connectivity index (χ4v) is 2.12. The van der Waals surface area contributed by atoms with Crippen LogP contribution < -0.4 is 17.2 Å². The van der Waals surface area contributed by atoms with E-state index >= 15 is 0 Å². The first-order valence-corrected chi connectivity index (χ1v) is 5.44. The van der Waals surface area contributed by atoms with Gasteiger partial charge in [-0.2, -0.15) is 4.99 Å². The lowest BCUT2D eigenvalue weighted by Gasteiger charge is -1.96. The molecule has 16 heavy (non-hydrogen) atoms. The fourth-order valence-electron chi connectivity index (χ4n) is 1.30. The summed E-state index contributed by atoms with van der Waals surface area (Å²) in [5.74, 6) is -0.0469. The zero-order valence-corrected chi connectivity index (χ0v) is 9.24. The quantitative estimate of drug-likeness (QED) is 0.508. The zero-order chi connectivity index (χ0) is 11.5. The lowest BCUT2D eigenvalue weighted by molar-refractivity contribution is 1.39. The third kappa shape index (κ3) is 2.29. The van der Waals surface area contributed by atoms with Crippen LogP contribution in [-0.4, -0.2) is 11.9 Å². The van der Waals surface area contributed by atoms with Gasteiger partial charge in [0.25, 0.3) is 0 Å². The molecule has 0 aliphatic rings. The molecule has 0 bridgehead atoms. The first kappa shape index (κ1) is 10.4. The number of nitrogens with two attached hydrogens (primary N) is 3. The van der Waals surface area contributed by atoms with Crippen molar-refractivity contribution in [1.29, 1.82) is 0 Å². The minimum absolute atomic E-state index is 0.0518. The fraction of sp³-hybridized carbons (Fsp3) is 0. The molecule has 2 rings (SSSR count). The summed E-state index contributed by atoms with van der Waals surface area (Å²) < 4.78 is 1.15. The van der Waals surface area contributed by atoms with Crippen molar-refractivity contribution in [3.8, 4) is 0 Å². The molecule has 0 fully saturated rings. The number of rotatable bonds is 1. The predicted molar refractivity (Wildman–Crippen MR) is 68.9 cm³/mol. The van der Waals surface area contributed by atoms with Crippen LogP contribution in [0.3, 0.4) is 0 Å². The summed E-state index contributed by atoms with van der Waals surface area (Å²) in [6.07, 6.45) is 0. The van der Waals surface area contributed by atoms with Gasteiger partial charge in [0.05, 0.1) is 5.69 Å². The summed E-state index contributed by atoms with van der Waals surface area (Å²) >= 11 is 1.65. The second kappa shape index (κ2) is 4.19. The summed E-state index contributed by atoms with van der Waals surface area (Å²) in [7, 11) is 0. The highest BCUT2D eigenvalue weighted by atomic mass is 32.1. The lowest BCUT2D eigenvalue weighted by atomic mass is 10.2. The van der Waals surface area contributed by atoms with E-state index in [2.05, 4.69) is 9.98 Å². The average Bonchev–Trinajstić information content (AvgIpc) is 2.63. The van der Waals surface area contributed by atoms with Crippen LogP contribution in [0, 0.1) is 0 Å². The van der Waals surface area contributed by atoms with Crippen LogP contribution >= 0.6 is 11.3 Å². The molecule has 0 atom stereocenters. The van der Waals surface area contributed by atoms with Gasteiger partial charge in [0.1, 0.15) is 0 Å². The van der Waals surface area contributed by atoms with E-state index in [0.29, 0.717) is 0 Å². The van der Waals surface area contributed by atoms with Gasteiger partial charge in [-0.05, 0) is 29.0 Å². The number of benzene rings is 1. The van der Waals surface area contributed by atoms with E-state index in [4.69, 9.17) is 17.2 Å². The van der Waals surface area contributed by atoms with Crippen molar-refractivity contribution >= 4 is 39.0 Å². The smallest absolute Gasteiger partial charge is 0.223 e. The molecule has 2 aromatic rings. The van der Waals surface area contributed by atoms with E-state index in [1.54, 1.807) is 11.3 Å². The van der Waals surface area contributed by atoms with Gasteiger partial charge in [0.2, 0.25) is 5.96 Å². The third-order valence-corrected chi connectivity index (χ3v) is 2.81. The maximum absolute atomic E-state index is 5.53. The number of nitrogens with zero attached hydrogens (tertiary/aromatic N) is 2. The van der Waals surface area contributed by atoms with Gasteiger partial charge < -0.3 is 17.2 Å². The molecule has 82 valence electrons. The van der Waals surface area contributed by atoms with Crippen molar-refractivity contribution in [2.75, 3.05) is 0 Å². The SMILES string of the molecule is NC(N)=NC(N)=Nc1ccc2ccsc2c1. The van der Waals surface area contributed by atoms with Crippen LogP contribution in [0.1, 0.15) is 0 Å². The van der Waals surface area contributed by atoms with E-state index < -0.39 is 0 Å². The molecule has 5 nitrogen and oxygen atoms in total. The first-order chi connectivity index (χ1) is 7.65. The van der Waals surface area contributed by atoms with Gasteiger partial charge in [-0.3, -0.25) is 0 Å². The number of hydrogen-bond acceptors (Lipinski definition) is 2. The van der Waals surface area contributed by atoms with E-state index in [0.717, 1.165) is 10.4 Å². The molecule has 1 aromatic carbocycles. The maximum Gasteiger partial charge on any atom is 0.223 e. The normalized spacial score (nSPS) is 11.6. The van der Waals surface area contributed by atoms with Crippen molar-refractivity contribution < 1.29 is 0 Å². The number of hydrogen-bond donors (Lipinski definition) is 3. The molecule has 0 saturated heterocycles. The Morgan fingerprint density at radius 3 is 2.69 bits per heavy atom. The van der Waals surface area contributed by atoms with Crippen LogP contribution in [-0.2, 0) is 0 Å². The molecule has 0 radical (unpaired) electrons. The molecule has 6 N–H and O–H groups in total. The molecule has 0 aliphatic heterocycles.